The summed E-state index contributed by atoms with van der Waals surface area (Å²) in [6.45, 7) is 5.30. The van der Waals surface area contributed by atoms with Crippen LogP contribution in [0.1, 0.15) is 34.2 Å². The van der Waals surface area contributed by atoms with Crippen molar-refractivity contribution in [2.75, 3.05) is 0 Å². The molecular weight excluding hydrogens is 271 g/mol. The Bertz CT molecular complexity index is 727. The Morgan fingerprint density at radius 2 is 2.05 bits per heavy atom. The van der Waals surface area contributed by atoms with Gasteiger partial charge in [0.15, 0.2) is 0 Å². The fourth-order valence-corrected chi connectivity index (χ4v) is 2.49. The molecule has 0 radical (unpaired) electrons. The molecule has 2 aromatic rings. The van der Waals surface area contributed by atoms with E-state index in [1.165, 1.54) is 12.1 Å². The summed E-state index contributed by atoms with van der Waals surface area (Å²) in [5, 5.41) is 10.5. The third-order valence-corrected chi connectivity index (χ3v) is 3.47. The summed E-state index contributed by atoms with van der Waals surface area (Å²) in [5.74, 6) is -1.28. The molecule has 1 amide bonds. The number of aromatic nitrogens is 1. The molecule has 0 saturated heterocycles. The summed E-state index contributed by atoms with van der Waals surface area (Å²) >= 11 is 0. The van der Waals surface area contributed by atoms with E-state index in [9.17, 15) is 14.3 Å². The highest BCUT2D eigenvalue weighted by atomic mass is 19.1. The molecule has 1 aromatic heterocycles. The average molecular weight is 288 g/mol. The first kappa shape index (κ1) is 15.0. The van der Waals surface area contributed by atoms with Gasteiger partial charge in [-0.05, 0) is 43.5 Å². The van der Waals surface area contributed by atoms with Crippen molar-refractivity contribution in [3.05, 3.63) is 46.5 Å². The van der Waals surface area contributed by atoms with Crippen molar-refractivity contribution in [3.63, 3.8) is 0 Å². The van der Waals surface area contributed by atoms with Crippen LogP contribution < -0.4 is 5.73 Å². The zero-order valence-electron chi connectivity index (χ0n) is 12.2. The highest BCUT2D eigenvalue weighted by molar-refractivity contribution is 5.99. The molecule has 110 valence electrons. The van der Waals surface area contributed by atoms with Gasteiger partial charge in [-0.15, -0.1) is 0 Å². The number of carbonyl (C=O) groups excluding carboxylic acids is 1. The van der Waals surface area contributed by atoms with Gasteiger partial charge in [-0.2, -0.15) is 0 Å². The minimum Gasteiger partial charge on any atom is -0.506 e. The number of nitrogens with zero attached hydrogens (tertiary/aromatic N) is 1. The summed E-state index contributed by atoms with van der Waals surface area (Å²) in [4.78, 5) is 16.0. The summed E-state index contributed by atoms with van der Waals surface area (Å²) in [5.41, 5.74) is 8.11. The van der Waals surface area contributed by atoms with Gasteiger partial charge < -0.3 is 10.8 Å². The minimum absolute atomic E-state index is 0.0295. The van der Waals surface area contributed by atoms with Crippen LogP contribution in [0.2, 0.25) is 0 Å². The van der Waals surface area contributed by atoms with E-state index in [0.717, 1.165) is 0 Å². The van der Waals surface area contributed by atoms with Crippen LogP contribution in [0.15, 0.2) is 18.2 Å². The Labute approximate surface area is 122 Å². The standard InChI is InChI=1S/C16H17FN2O2/c1-4-12-14(16(18)21)15(20)13(9(3)19-12)11-6-5-10(17)7-8(11)2/h5-7H,4H2,1-3H3,(H2,18,21)(H,19,20). The zero-order chi connectivity index (χ0) is 15.7. The first-order valence-corrected chi connectivity index (χ1v) is 6.65. The lowest BCUT2D eigenvalue weighted by atomic mass is 9.95. The van der Waals surface area contributed by atoms with Gasteiger partial charge in [-0.25, -0.2) is 4.39 Å². The molecule has 0 spiro atoms. The predicted octanol–water partition coefficient (Wildman–Crippen LogP) is 2.87. The lowest BCUT2D eigenvalue weighted by Crippen LogP contribution is -2.16. The van der Waals surface area contributed by atoms with Gasteiger partial charge in [0.25, 0.3) is 5.91 Å². The Morgan fingerprint density at radius 3 is 2.57 bits per heavy atom. The first-order valence-electron chi connectivity index (χ1n) is 6.65. The van der Waals surface area contributed by atoms with Crippen molar-refractivity contribution < 1.29 is 14.3 Å². The van der Waals surface area contributed by atoms with Crippen molar-refractivity contribution in [3.8, 4) is 16.9 Å². The minimum atomic E-state index is -0.724. The zero-order valence-corrected chi connectivity index (χ0v) is 12.2. The van der Waals surface area contributed by atoms with E-state index in [1.54, 1.807) is 19.9 Å². The number of nitrogens with two attached hydrogens (primary N) is 1. The third-order valence-electron chi connectivity index (χ3n) is 3.47. The summed E-state index contributed by atoms with van der Waals surface area (Å²) < 4.78 is 13.2. The van der Waals surface area contributed by atoms with Crippen molar-refractivity contribution in [2.24, 2.45) is 5.73 Å². The van der Waals surface area contributed by atoms with E-state index in [0.29, 0.717) is 34.5 Å². The van der Waals surface area contributed by atoms with E-state index in [4.69, 9.17) is 5.73 Å². The lowest BCUT2D eigenvalue weighted by Gasteiger charge is -2.16. The number of aromatic hydroxyl groups is 1. The van der Waals surface area contributed by atoms with Crippen LogP contribution >= 0.6 is 0 Å². The molecule has 0 atom stereocenters. The van der Waals surface area contributed by atoms with Crippen LogP contribution in [0, 0.1) is 19.7 Å². The quantitative estimate of drug-likeness (QED) is 0.911. The van der Waals surface area contributed by atoms with Crippen molar-refractivity contribution >= 4 is 5.91 Å². The molecule has 3 N–H and O–H groups in total. The van der Waals surface area contributed by atoms with Gasteiger partial charge in [-0.3, -0.25) is 9.78 Å². The lowest BCUT2D eigenvalue weighted by molar-refractivity contribution is 0.0996. The second-order valence-electron chi connectivity index (χ2n) is 4.92. The van der Waals surface area contributed by atoms with E-state index >= 15 is 0 Å². The molecule has 0 saturated carbocycles. The van der Waals surface area contributed by atoms with Crippen LogP contribution in [0.5, 0.6) is 5.75 Å². The van der Waals surface area contributed by atoms with E-state index < -0.39 is 5.91 Å². The number of amides is 1. The number of benzene rings is 1. The normalized spacial score (nSPS) is 10.7. The number of primary amides is 1. The number of rotatable bonds is 3. The number of aryl methyl sites for hydroxylation is 3. The molecule has 0 aliphatic rings. The monoisotopic (exact) mass is 288 g/mol. The fourth-order valence-electron chi connectivity index (χ4n) is 2.49. The van der Waals surface area contributed by atoms with Crippen LogP contribution in [-0.2, 0) is 6.42 Å². The van der Waals surface area contributed by atoms with Crippen LogP contribution in [-0.4, -0.2) is 16.0 Å². The van der Waals surface area contributed by atoms with Gasteiger partial charge in [0, 0.05) is 11.3 Å². The molecule has 2 rings (SSSR count). The molecule has 21 heavy (non-hydrogen) atoms. The van der Waals surface area contributed by atoms with Gasteiger partial charge in [0.1, 0.15) is 17.1 Å². The maximum absolute atomic E-state index is 13.2. The summed E-state index contributed by atoms with van der Waals surface area (Å²) in [7, 11) is 0. The van der Waals surface area contributed by atoms with Gasteiger partial charge in [-0.1, -0.05) is 13.0 Å². The van der Waals surface area contributed by atoms with E-state index in [1.807, 2.05) is 6.92 Å². The SMILES string of the molecule is CCc1nc(C)c(-c2ccc(F)cc2C)c(O)c1C(N)=O. The maximum atomic E-state index is 13.2. The highest BCUT2D eigenvalue weighted by Gasteiger charge is 2.22. The molecular formula is C16H17FN2O2. The van der Waals surface area contributed by atoms with Crippen LogP contribution in [0.4, 0.5) is 4.39 Å². The molecule has 0 aliphatic heterocycles. The van der Waals surface area contributed by atoms with Crippen LogP contribution in [0.25, 0.3) is 11.1 Å². The Morgan fingerprint density at radius 1 is 1.38 bits per heavy atom. The van der Waals surface area contributed by atoms with E-state index in [2.05, 4.69) is 4.98 Å². The molecule has 1 heterocycles. The third kappa shape index (κ3) is 2.59. The molecule has 1 aromatic carbocycles. The summed E-state index contributed by atoms with van der Waals surface area (Å²) in [6.07, 6.45) is 0.482. The number of hydrogen-bond donors (Lipinski definition) is 2. The van der Waals surface area contributed by atoms with Crippen molar-refractivity contribution in [1.82, 2.24) is 4.98 Å². The number of hydrogen-bond acceptors (Lipinski definition) is 3. The van der Waals surface area contributed by atoms with Gasteiger partial charge in [0.05, 0.1) is 5.69 Å². The molecule has 0 fully saturated rings. The first-order chi connectivity index (χ1) is 9.86. The molecule has 0 aliphatic carbocycles. The smallest absolute Gasteiger partial charge is 0.254 e. The molecule has 0 bridgehead atoms. The Balaban J connectivity index is 2.80. The summed E-state index contributed by atoms with van der Waals surface area (Å²) in [6, 6.07) is 4.23. The van der Waals surface area contributed by atoms with Gasteiger partial charge in [0.2, 0.25) is 0 Å². The highest BCUT2D eigenvalue weighted by Crippen LogP contribution is 2.37. The Hall–Kier alpha value is -2.43. The Kier molecular flexibility index (Phi) is 3.93. The van der Waals surface area contributed by atoms with Gasteiger partial charge >= 0.3 is 0 Å². The maximum Gasteiger partial charge on any atom is 0.254 e. The van der Waals surface area contributed by atoms with E-state index in [-0.39, 0.29) is 17.1 Å². The number of carbonyl (C=O) groups is 1. The van der Waals surface area contributed by atoms with Crippen molar-refractivity contribution in [2.45, 2.75) is 27.2 Å². The molecule has 0 unspecified atom stereocenters. The fraction of sp³-hybridized carbons (Fsp3) is 0.250. The second kappa shape index (κ2) is 5.52. The number of halogens is 1. The predicted molar refractivity (Wildman–Crippen MR) is 78.7 cm³/mol. The molecule has 4 nitrogen and oxygen atoms in total. The second-order valence-corrected chi connectivity index (χ2v) is 4.92. The van der Waals surface area contributed by atoms with Crippen molar-refractivity contribution in [1.29, 1.82) is 0 Å². The molecule has 5 heteroatoms. The van der Waals surface area contributed by atoms with Crippen LogP contribution in [0.3, 0.4) is 0 Å². The number of pyridine rings is 1. The average Bonchev–Trinajstić information content (AvgIpc) is 2.39. The largest absolute Gasteiger partial charge is 0.506 e. The topological polar surface area (TPSA) is 76.2 Å².